The molecule has 1 aromatic carbocycles. The lowest BCUT2D eigenvalue weighted by atomic mass is 10.2. The lowest BCUT2D eigenvalue weighted by Gasteiger charge is -2.26. The first-order valence-corrected chi connectivity index (χ1v) is 11.1. The fourth-order valence-electron chi connectivity index (χ4n) is 3.82. The van der Waals surface area contributed by atoms with Crippen LogP contribution in [-0.4, -0.2) is 55.0 Å². The fourth-order valence-corrected chi connectivity index (χ4v) is 3.82. The average molecular weight is 462 g/mol. The Balaban J connectivity index is 1.58. The molecule has 1 saturated carbocycles. The van der Waals surface area contributed by atoms with Crippen LogP contribution in [0.15, 0.2) is 37.1 Å². The van der Waals surface area contributed by atoms with E-state index in [1.165, 1.54) is 12.3 Å². The van der Waals surface area contributed by atoms with Crippen molar-refractivity contribution >= 4 is 28.7 Å². The van der Waals surface area contributed by atoms with Crippen LogP contribution < -0.4 is 21.3 Å². The van der Waals surface area contributed by atoms with E-state index >= 15 is 4.39 Å². The Bertz CT molecular complexity index is 1350. The molecule has 0 radical (unpaired) electrons. The summed E-state index contributed by atoms with van der Waals surface area (Å²) in [5.74, 6) is 0.630. The highest BCUT2D eigenvalue weighted by Gasteiger charge is 2.23. The van der Waals surface area contributed by atoms with E-state index in [-0.39, 0.29) is 5.69 Å². The molecule has 0 saturated heterocycles. The van der Waals surface area contributed by atoms with Gasteiger partial charge in [0.25, 0.3) is 0 Å². The van der Waals surface area contributed by atoms with Gasteiger partial charge in [-0.1, -0.05) is 0 Å². The van der Waals surface area contributed by atoms with Gasteiger partial charge in [-0.2, -0.15) is 14.9 Å². The number of benzene rings is 1. The minimum absolute atomic E-state index is 0.225. The lowest BCUT2D eigenvalue weighted by molar-refractivity contribution is 0.630. The number of anilines is 4. The maximum absolute atomic E-state index is 15.3. The van der Waals surface area contributed by atoms with Crippen LogP contribution in [0.1, 0.15) is 25.3 Å². The zero-order valence-corrected chi connectivity index (χ0v) is 18.6. The highest BCUT2D eigenvalue weighted by Crippen LogP contribution is 2.33. The Labute approximate surface area is 195 Å². The van der Waals surface area contributed by atoms with E-state index in [1.807, 2.05) is 11.8 Å². The second kappa shape index (κ2) is 8.95. The second-order valence-corrected chi connectivity index (χ2v) is 8.03. The highest BCUT2D eigenvalue weighted by atomic mass is 19.1. The first-order chi connectivity index (χ1) is 16.6. The van der Waals surface area contributed by atoms with Crippen molar-refractivity contribution in [1.82, 2.24) is 29.4 Å². The predicted octanol–water partition coefficient (Wildman–Crippen LogP) is 2.42. The number of hydrogen-bond donors (Lipinski definition) is 3. The van der Waals surface area contributed by atoms with E-state index in [2.05, 4.69) is 37.0 Å². The number of nitrogens with zero attached hydrogens (tertiary/aromatic N) is 8. The van der Waals surface area contributed by atoms with E-state index in [4.69, 9.17) is 5.73 Å². The molecule has 1 aliphatic rings. The number of hydrogen-bond acceptors (Lipinski definition) is 9. The van der Waals surface area contributed by atoms with E-state index < -0.39 is 5.82 Å². The van der Waals surface area contributed by atoms with Gasteiger partial charge in [0.2, 0.25) is 0 Å². The van der Waals surface area contributed by atoms with Crippen molar-refractivity contribution in [2.75, 3.05) is 35.2 Å². The summed E-state index contributed by atoms with van der Waals surface area (Å²) in [5, 5.41) is 28.0. The SMILES string of the molecule is CCN(CCN)c1cc(F)c(Nc2cc(NC3CC3)n3ncc(C#N)c3n2)cc1-n1cnnc1. The number of aromatic nitrogens is 6. The largest absolute Gasteiger partial charge is 0.369 e. The molecule has 3 aromatic heterocycles. The van der Waals surface area contributed by atoms with E-state index in [1.54, 1.807) is 33.9 Å². The van der Waals surface area contributed by atoms with Crippen LogP contribution in [0, 0.1) is 17.1 Å². The molecule has 174 valence electrons. The van der Waals surface area contributed by atoms with Gasteiger partial charge in [0.05, 0.1) is 23.3 Å². The van der Waals surface area contributed by atoms with Crippen molar-refractivity contribution in [3.63, 3.8) is 0 Å². The van der Waals surface area contributed by atoms with E-state index in [0.717, 1.165) is 12.8 Å². The molecule has 12 heteroatoms. The number of fused-ring (bicyclic) bond motifs is 1. The predicted molar refractivity (Wildman–Crippen MR) is 126 cm³/mol. The summed E-state index contributed by atoms with van der Waals surface area (Å²) in [6.45, 7) is 3.65. The summed E-state index contributed by atoms with van der Waals surface area (Å²) >= 11 is 0. The maximum Gasteiger partial charge on any atom is 0.177 e. The Morgan fingerprint density at radius 2 is 2.06 bits per heavy atom. The number of rotatable bonds is 9. The number of nitriles is 1. The fraction of sp³-hybridized carbons (Fsp3) is 0.318. The van der Waals surface area contributed by atoms with Gasteiger partial charge in [-0.25, -0.2) is 9.37 Å². The molecular formula is C22H24FN11. The second-order valence-electron chi connectivity index (χ2n) is 8.03. The summed E-state index contributed by atoms with van der Waals surface area (Å²) in [6.07, 6.45) is 6.72. The number of nitrogens with one attached hydrogen (secondary N) is 2. The number of halogens is 1. The van der Waals surface area contributed by atoms with Crippen LogP contribution in [0.3, 0.4) is 0 Å². The molecule has 0 spiro atoms. The lowest BCUT2D eigenvalue weighted by Crippen LogP contribution is -2.30. The highest BCUT2D eigenvalue weighted by molar-refractivity contribution is 5.73. The van der Waals surface area contributed by atoms with Gasteiger partial charge in [-0.15, -0.1) is 10.2 Å². The third kappa shape index (κ3) is 4.08. The van der Waals surface area contributed by atoms with Gasteiger partial charge in [-0.3, -0.25) is 4.57 Å². The standard InChI is InChI=1S/C22H24FN11/c1-2-32(6-5-24)18-7-16(23)17(8-19(18)33-12-26-27-13-33)30-20-9-21(29-15-3-4-15)34-22(31-20)14(10-25)11-28-34/h7-9,11-13,15,29H,2-6,24H2,1H3,(H,30,31). The molecule has 0 bridgehead atoms. The molecule has 5 rings (SSSR count). The summed E-state index contributed by atoms with van der Waals surface area (Å²) in [4.78, 5) is 6.52. The molecule has 0 unspecified atom stereocenters. The van der Waals surface area contributed by atoms with Crippen LogP contribution in [-0.2, 0) is 0 Å². The van der Waals surface area contributed by atoms with Crippen LogP contribution in [0.2, 0.25) is 0 Å². The van der Waals surface area contributed by atoms with Gasteiger partial charge in [-0.05, 0) is 25.8 Å². The van der Waals surface area contributed by atoms with Gasteiger partial charge in [0.1, 0.15) is 41.7 Å². The normalized spacial score (nSPS) is 13.1. The van der Waals surface area contributed by atoms with Crippen molar-refractivity contribution in [3.8, 4) is 11.8 Å². The third-order valence-corrected chi connectivity index (χ3v) is 5.67. The zero-order valence-electron chi connectivity index (χ0n) is 18.6. The molecule has 1 fully saturated rings. The van der Waals surface area contributed by atoms with Crippen LogP contribution >= 0.6 is 0 Å². The summed E-state index contributed by atoms with van der Waals surface area (Å²) < 4.78 is 18.7. The maximum atomic E-state index is 15.3. The first-order valence-electron chi connectivity index (χ1n) is 11.1. The zero-order chi connectivity index (χ0) is 23.7. The Morgan fingerprint density at radius 3 is 2.74 bits per heavy atom. The molecule has 0 amide bonds. The van der Waals surface area contributed by atoms with Crippen LogP contribution in [0.5, 0.6) is 0 Å². The monoisotopic (exact) mass is 461 g/mol. The molecule has 11 nitrogen and oxygen atoms in total. The number of likely N-dealkylation sites (N-methyl/N-ethyl adjacent to an activating group) is 1. The van der Waals surface area contributed by atoms with Crippen LogP contribution in [0.4, 0.5) is 27.4 Å². The summed E-state index contributed by atoms with van der Waals surface area (Å²) in [6, 6.07) is 7.38. The minimum atomic E-state index is -0.449. The Hall–Kier alpha value is -4.24. The topological polar surface area (TPSA) is 138 Å². The Kier molecular flexibility index (Phi) is 5.69. The summed E-state index contributed by atoms with van der Waals surface area (Å²) in [7, 11) is 0. The minimum Gasteiger partial charge on any atom is -0.369 e. The third-order valence-electron chi connectivity index (χ3n) is 5.67. The number of nitrogens with two attached hydrogens (primary N) is 1. The van der Waals surface area contributed by atoms with Gasteiger partial charge in [0.15, 0.2) is 5.65 Å². The van der Waals surface area contributed by atoms with Gasteiger partial charge in [0, 0.05) is 37.8 Å². The molecule has 4 N–H and O–H groups in total. The molecule has 0 atom stereocenters. The van der Waals surface area contributed by atoms with Gasteiger partial charge < -0.3 is 21.3 Å². The smallest absolute Gasteiger partial charge is 0.177 e. The molecule has 4 aromatic rings. The van der Waals surface area contributed by atoms with Crippen molar-refractivity contribution in [3.05, 3.63) is 48.4 Å². The van der Waals surface area contributed by atoms with Gasteiger partial charge >= 0.3 is 0 Å². The molecule has 1 aliphatic carbocycles. The van der Waals surface area contributed by atoms with E-state index in [9.17, 15) is 5.26 Å². The van der Waals surface area contributed by atoms with Crippen molar-refractivity contribution in [1.29, 1.82) is 5.26 Å². The van der Waals surface area contributed by atoms with Crippen molar-refractivity contribution < 1.29 is 4.39 Å². The first kappa shape index (κ1) is 21.6. The molecule has 3 heterocycles. The molecule has 34 heavy (non-hydrogen) atoms. The van der Waals surface area contributed by atoms with Crippen LogP contribution in [0.25, 0.3) is 11.3 Å². The quantitative estimate of drug-likeness (QED) is 0.343. The van der Waals surface area contributed by atoms with Crippen molar-refractivity contribution in [2.45, 2.75) is 25.8 Å². The summed E-state index contributed by atoms with van der Waals surface area (Å²) in [5.41, 5.74) is 8.10. The van der Waals surface area contributed by atoms with E-state index in [0.29, 0.717) is 59.9 Å². The molecular weight excluding hydrogens is 437 g/mol. The van der Waals surface area contributed by atoms with Crippen molar-refractivity contribution in [2.24, 2.45) is 5.73 Å². The average Bonchev–Trinajstić information content (AvgIpc) is 3.31. The molecule has 0 aliphatic heterocycles. The Morgan fingerprint density at radius 1 is 1.26 bits per heavy atom.